The van der Waals surface area contributed by atoms with Crippen molar-refractivity contribution in [3.63, 3.8) is 0 Å². The normalized spacial score (nSPS) is 23.4. The molecule has 0 unspecified atom stereocenters. The molecular weight excluding hydrogens is 294 g/mol. The Morgan fingerprint density at radius 1 is 1.13 bits per heavy atom. The Balaban J connectivity index is 1.41. The van der Waals surface area contributed by atoms with Crippen LogP contribution < -0.4 is 5.32 Å². The maximum absolute atomic E-state index is 12.1. The van der Waals surface area contributed by atoms with Gasteiger partial charge in [0.2, 0.25) is 11.8 Å². The predicted octanol–water partition coefficient (Wildman–Crippen LogP) is 2.74. The molecule has 1 saturated heterocycles. The number of carbonyl (C=O) groups excluding carboxylic acids is 1. The van der Waals surface area contributed by atoms with Crippen molar-refractivity contribution >= 4 is 5.91 Å². The van der Waals surface area contributed by atoms with Crippen molar-refractivity contribution in [2.45, 2.75) is 76.2 Å². The molecule has 128 valence electrons. The molecule has 1 atom stereocenters. The van der Waals surface area contributed by atoms with Crippen LogP contribution in [0.15, 0.2) is 4.52 Å². The van der Waals surface area contributed by atoms with E-state index in [-0.39, 0.29) is 11.8 Å². The van der Waals surface area contributed by atoms with E-state index in [9.17, 15) is 4.79 Å². The van der Waals surface area contributed by atoms with Crippen LogP contribution >= 0.6 is 0 Å². The number of rotatable bonds is 5. The molecular formula is C17H27N3O3. The van der Waals surface area contributed by atoms with Crippen molar-refractivity contribution in [2.24, 2.45) is 0 Å². The predicted molar refractivity (Wildman–Crippen MR) is 85.0 cm³/mol. The molecule has 1 aromatic heterocycles. The highest BCUT2D eigenvalue weighted by atomic mass is 16.5. The van der Waals surface area contributed by atoms with E-state index < -0.39 is 0 Å². The number of ether oxygens (including phenoxy) is 1. The van der Waals surface area contributed by atoms with Crippen molar-refractivity contribution in [3.8, 4) is 0 Å². The van der Waals surface area contributed by atoms with E-state index >= 15 is 0 Å². The Hall–Kier alpha value is -1.43. The van der Waals surface area contributed by atoms with Gasteiger partial charge in [-0.25, -0.2) is 0 Å². The summed E-state index contributed by atoms with van der Waals surface area (Å²) in [6, 6.07) is 0.344. The fraction of sp³-hybridized carbons (Fsp3) is 0.824. The molecule has 1 N–H and O–H groups in total. The van der Waals surface area contributed by atoms with Crippen LogP contribution in [-0.2, 0) is 16.0 Å². The summed E-state index contributed by atoms with van der Waals surface area (Å²) in [7, 11) is 0. The second kappa shape index (κ2) is 8.43. The molecule has 0 aromatic carbocycles. The van der Waals surface area contributed by atoms with E-state index in [0.29, 0.717) is 31.4 Å². The molecule has 1 aliphatic heterocycles. The first-order valence-corrected chi connectivity index (χ1v) is 9.01. The molecule has 1 amide bonds. The zero-order valence-electron chi connectivity index (χ0n) is 13.8. The van der Waals surface area contributed by atoms with Gasteiger partial charge in [-0.1, -0.05) is 37.3 Å². The van der Waals surface area contributed by atoms with E-state index in [4.69, 9.17) is 9.26 Å². The first-order valence-electron chi connectivity index (χ1n) is 9.01. The van der Waals surface area contributed by atoms with Crippen molar-refractivity contribution in [1.29, 1.82) is 0 Å². The van der Waals surface area contributed by atoms with Crippen LogP contribution in [-0.4, -0.2) is 35.3 Å². The van der Waals surface area contributed by atoms with Crippen LogP contribution in [0, 0.1) is 0 Å². The summed E-state index contributed by atoms with van der Waals surface area (Å²) >= 11 is 0. The zero-order valence-corrected chi connectivity index (χ0v) is 13.8. The molecule has 1 aromatic rings. The summed E-state index contributed by atoms with van der Waals surface area (Å²) in [4.78, 5) is 16.5. The molecule has 1 saturated carbocycles. The van der Waals surface area contributed by atoms with Gasteiger partial charge in [-0.05, 0) is 19.3 Å². The van der Waals surface area contributed by atoms with Gasteiger partial charge in [0.05, 0.1) is 6.61 Å². The summed E-state index contributed by atoms with van der Waals surface area (Å²) < 4.78 is 10.6. The summed E-state index contributed by atoms with van der Waals surface area (Å²) in [5.41, 5.74) is 0. The summed E-state index contributed by atoms with van der Waals surface area (Å²) in [6.07, 6.45) is 10.5. The van der Waals surface area contributed by atoms with Crippen molar-refractivity contribution in [1.82, 2.24) is 15.5 Å². The number of aromatic nitrogens is 2. The second-order valence-corrected chi connectivity index (χ2v) is 6.72. The van der Waals surface area contributed by atoms with Gasteiger partial charge in [-0.2, -0.15) is 4.98 Å². The Bertz CT molecular complexity index is 489. The molecule has 6 heteroatoms. The van der Waals surface area contributed by atoms with E-state index in [2.05, 4.69) is 15.5 Å². The van der Waals surface area contributed by atoms with Crippen LogP contribution in [0.1, 0.15) is 75.4 Å². The van der Waals surface area contributed by atoms with Gasteiger partial charge in [-0.15, -0.1) is 0 Å². The number of hydrogen-bond acceptors (Lipinski definition) is 5. The smallest absolute Gasteiger partial charge is 0.227 e. The SMILES string of the molecule is O=C(CCc1nc([C@H]2CCOC2)no1)NC1CCCCCCC1. The summed E-state index contributed by atoms with van der Waals surface area (Å²) in [6.45, 7) is 1.43. The molecule has 2 heterocycles. The lowest BCUT2D eigenvalue weighted by molar-refractivity contribution is -0.122. The van der Waals surface area contributed by atoms with E-state index in [0.717, 1.165) is 31.7 Å². The average Bonchev–Trinajstić information content (AvgIpc) is 3.18. The maximum Gasteiger partial charge on any atom is 0.227 e. The van der Waals surface area contributed by atoms with Crippen LogP contribution in [0.25, 0.3) is 0 Å². The molecule has 0 radical (unpaired) electrons. The Kier molecular flexibility index (Phi) is 6.02. The lowest BCUT2D eigenvalue weighted by atomic mass is 9.96. The summed E-state index contributed by atoms with van der Waals surface area (Å²) in [5, 5.41) is 7.19. The number of carbonyl (C=O) groups is 1. The van der Waals surface area contributed by atoms with Gasteiger partial charge < -0.3 is 14.6 Å². The Morgan fingerprint density at radius 3 is 2.65 bits per heavy atom. The second-order valence-electron chi connectivity index (χ2n) is 6.72. The Labute approximate surface area is 137 Å². The van der Waals surface area contributed by atoms with Crippen LogP contribution in [0.3, 0.4) is 0 Å². The highest BCUT2D eigenvalue weighted by Crippen LogP contribution is 2.22. The molecule has 6 nitrogen and oxygen atoms in total. The zero-order chi connectivity index (χ0) is 15.9. The van der Waals surface area contributed by atoms with E-state index in [1.807, 2.05) is 0 Å². The molecule has 23 heavy (non-hydrogen) atoms. The van der Waals surface area contributed by atoms with Gasteiger partial charge in [-0.3, -0.25) is 4.79 Å². The van der Waals surface area contributed by atoms with Crippen LogP contribution in [0.5, 0.6) is 0 Å². The fourth-order valence-electron chi connectivity index (χ4n) is 3.39. The largest absolute Gasteiger partial charge is 0.381 e. The molecule has 0 bridgehead atoms. The van der Waals surface area contributed by atoms with Gasteiger partial charge in [0.15, 0.2) is 5.82 Å². The number of nitrogens with one attached hydrogen (secondary N) is 1. The van der Waals surface area contributed by atoms with Gasteiger partial charge in [0, 0.05) is 31.4 Å². The number of aryl methyl sites for hydroxylation is 1. The van der Waals surface area contributed by atoms with Crippen LogP contribution in [0.4, 0.5) is 0 Å². The number of hydrogen-bond donors (Lipinski definition) is 1. The molecule has 1 aliphatic carbocycles. The molecule has 0 spiro atoms. The molecule has 2 fully saturated rings. The maximum atomic E-state index is 12.1. The minimum atomic E-state index is 0.0968. The summed E-state index contributed by atoms with van der Waals surface area (Å²) in [5.74, 6) is 1.62. The standard InChI is InChI=1S/C17H27N3O3/c21-15(18-14-6-4-2-1-3-5-7-14)8-9-16-19-17(20-23-16)13-10-11-22-12-13/h13-14H,1-12H2,(H,18,21)/t13-/m0/s1. The number of amides is 1. The third-order valence-corrected chi connectivity index (χ3v) is 4.81. The third kappa shape index (κ3) is 5.03. The monoisotopic (exact) mass is 321 g/mol. The first-order chi connectivity index (χ1) is 11.3. The average molecular weight is 321 g/mol. The molecule has 3 rings (SSSR count). The van der Waals surface area contributed by atoms with Crippen LogP contribution in [0.2, 0.25) is 0 Å². The Morgan fingerprint density at radius 2 is 1.91 bits per heavy atom. The van der Waals surface area contributed by atoms with Crippen molar-refractivity contribution < 1.29 is 14.1 Å². The van der Waals surface area contributed by atoms with Crippen molar-refractivity contribution in [2.75, 3.05) is 13.2 Å². The third-order valence-electron chi connectivity index (χ3n) is 4.81. The fourth-order valence-corrected chi connectivity index (χ4v) is 3.39. The molecule has 2 aliphatic rings. The van der Waals surface area contributed by atoms with E-state index in [1.54, 1.807) is 0 Å². The van der Waals surface area contributed by atoms with E-state index in [1.165, 1.54) is 32.1 Å². The highest BCUT2D eigenvalue weighted by Gasteiger charge is 2.23. The van der Waals surface area contributed by atoms with Gasteiger partial charge in [0.1, 0.15) is 0 Å². The topological polar surface area (TPSA) is 77.2 Å². The number of nitrogens with zero attached hydrogens (tertiary/aromatic N) is 2. The first kappa shape index (κ1) is 16.4. The van der Waals surface area contributed by atoms with Gasteiger partial charge in [0.25, 0.3) is 0 Å². The van der Waals surface area contributed by atoms with Crippen molar-refractivity contribution in [3.05, 3.63) is 11.7 Å². The highest BCUT2D eigenvalue weighted by molar-refractivity contribution is 5.76. The lowest BCUT2D eigenvalue weighted by Crippen LogP contribution is -2.35. The quantitative estimate of drug-likeness (QED) is 0.902. The minimum absolute atomic E-state index is 0.0968. The van der Waals surface area contributed by atoms with Gasteiger partial charge >= 0.3 is 0 Å². The lowest BCUT2D eigenvalue weighted by Gasteiger charge is -2.20. The minimum Gasteiger partial charge on any atom is -0.381 e.